The zero-order chi connectivity index (χ0) is 10.8. The van der Waals surface area contributed by atoms with Crippen molar-refractivity contribution in [2.45, 2.75) is 37.8 Å². The Kier molecular flexibility index (Phi) is 3.26. The zero-order valence-corrected chi connectivity index (χ0v) is 9.24. The predicted octanol–water partition coefficient (Wildman–Crippen LogP) is 0.265. The van der Waals surface area contributed by atoms with Gasteiger partial charge in [0, 0.05) is 13.2 Å². The summed E-state index contributed by atoms with van der Waals surface area (Å²) in [6.45, 7) is 0.299. The lowest BCUT2D eigenvalue weighted by atomic mass is 10.1. The first-order chi connectivity index (χ1) is 7.22. The van der Waals surface area contributed by atoms with E-state index >= 15 is 0 Å². The second-order valence-corrected chi connectivity index (χ2v) is 4.77. The normalized spacial score (nSPS) is 22.9. The highest BCUT2D eigenvalue weighted by Gasteiger charge is 2.42. The molecule has 0 heterocycles. The van der Waals surface area contributed by atoms with Gasteiger partial charge in [0.05, 0.1) is 6.61 Å². The first-order valence-corrected chi connectivity index (χ1v) is 5.77. The quantitative estimate of drug-likeness (QED) is 0.664. The van der Waals surface area contributed by atoms with Crippen LogP contribution in [0.3, 0.4) is 0 Å². The first kappa shape index (κ1) is 10.9. The van der Waals surface area contributed by atoms with E-state index in [9.17, 15) is 4.79 Å². The van der Waals surface area contributed by atoms with Gasteiger partial charge in [-0.2, -0.15) is 0 Å². The van der Waals surface area contributed by atoms with Crippen molar-refractivity contribution in [1.29, 1.82) is 0 Å². The summed E-state index contributed by atoms with van der Waals surface area (Å²) < 4.78 is 4.87. The topological polar surface area (TPSA) is 64.3 Å². The van der Waals surface area contributed by atoms with Crippen LogP contribution >= 0.6 is 0 Å². The maximum absolute atomic E-state index is 11.7. The number of methoxy groups -OCH3 is 1. The molecule has 3 N–H and O–H groups in total. The van der Waals surface area contributed by atoms with E-state index in [1.54, 1.807) is 7.11 Å². The Morgan fingerprint density at radius 2 is 1.93 bits per heavy atom. The first-order valence-electron chi connectivity index (χ1n) is 5.77. The molecule has 2 saturated carbocycles. The summed E-state index contributed by atoms with van der Waals surface area (Å²) in [5.41, 5.74) is 5.68. The van der Waals surface area contributed by atoms with Crippen molar-refractivity contribution in [2.75, 3.05) is 13.7 Å². The summed E-state index contributed by atoms with van der Waals surface area (Å²) in [4.78, 5) is 11.7. The van der Waals surface area contributed by atoms with Crippen molar-refractivity contribution in [1.82, 2.24) is 5.32 Å². The average molecular weight is 212 g/mol. The van der Waals surface area contributed by atoms with Gasteiger partial charge in [-0.05, 0) is 37.5 Å². The van der Waals surface area contributed by atoms with Crippen LogP contribution in [0.2, 0.25) is 0 Å². The molecule has 2 fully saturated rings. The Balaban J connectivity index is 1.80. The molecular formula is C11H20N2O2. The Morgan fingerprint density at radius 3 is 2.33 bits per heavy atom. The lowest BCUT2D eigenvalue weighted by Gasteiger charge is -2.20. The molecule has 1 unspecified atom stereocenters. The van der Waals surface area contributed by atoms with Gasteiger partial charge in [0.2, 0.25) is 5.91 Å². The predicted molar refractivity (Wildman–Crippen MR) is 57.2 cm³/mol. The molecule has 2 aliphatic rings. The standard InChI is InChI=1S/C11H20N2O2/c1-15-6-9(12)11(14)13-10(7-2-3-7)8-4-5-8/h7-10H,2-6,12H2,1H3,(H,13,14). The minimum absolute atomic E-state index is 0.0550. The Morgan fingerprint density at radius 1 is 1.40 bits per heavy atom. The molecule has 0 spiro atoms. The lowest BCUT2D eigenvalue weighted by Crippen LogP contribution is -2.48. The Labute approximate surface area is 90.5 Å². The summed E-state index contributed by atoms with van der Waals surface area (Å²) in [6.07, 6.45) is 5.06. The van der Waals surface area contributed by atoms with Gasteiger partial charge in [-0.25, -0.2) is 0 Å². The monoisotopic (exact) mass is 212 g/mol. The number of hydrogen-bond donors (Lipinski definition) is 2. The van der Waals surface area contributed by atoms with Gasteiger partial charge in [0.1, 0.15) is 6.04 Å². The van der Waals surface area contributed by atoms with Crippen molar-refractivity contribution >= 4 is 5.91 Å². The summed E-state index contributed by atoms with van der Waals surface area (Å²) >= 11 is 0. The molecule has 2 rings (SSSR count). The van der Waals surface area contributed by atoms with E-state index in [-0.39, 0.29) is 5.91 Å². The molecule has 2 aliphatic carbocycles. The molecule has 0 aromatic rings. The van der Waals surface area contributed by atoms with Crippen molar-refractivity contribution in [2.24, 2.45) is 17.6 Å². The van der Waals surface area contributed by atoms with Crippen LogP contribution in [0.15, 0.2) is 0 Å². The molecule has 0 saturated heterocycles. The van der Waals surface area contributed by atoms with Gasteiger partial charge >= 0.3 is 0 Å². The van der Waals surface area contributed by atoms with Crippen LogP contribution in [0, 0.1) is 11.8 Å². The largest absolute Gasteiger partial charge is 0.383 e. The van der Waals surface area contributed by atoms with Crippen LogP contribution in [0.5, 0.6) is 0 Å². The second-order valence-electron chi connectivity index (χ2n) is 4.77. The molecule has 1 amide bonds. The third-order valence-electron chi connectivity index (χ3n) is 3.25. The fourth-order valence-electron chi connectivity index (χ4n) is 2.06. The smallest absolute Gasteiger partial charge is 0.239 e. The Hall–Kier alpha value is -0.610. The molecule has 4 heteroatoms. The van der Waals surface area contributed by atoms with E-state index in [0.29, 0.717) is 12.6 Å². The highest BCUT2D eigenvalue weighted by molar-refractivity contribution is 5.82. The molecule has 0 bridgehead atoms. The van der Waals surface area contributed by atoms with Gasteiger partial charge < -0.3 is 15.8 Å². The van der Waals surface area contributed by atoms with Gasteiger partial charge in [-0.3, -0.25) is 4.79 Å². The third kappa shape index (κ3) is 2.92. The van der Waals surface area contributed by atoms with Gasteiger partial charge in [0.25, 0.3) is 0 Å². The molecule has 0 aromatic heterocycles. The second kappa shape index (κ2) is 4.49. The van der Waals surface area contributed by atoms with E-state index < -0.39 is 6.04 Å². The number of ether oxygens (including phenoxy) is 1. The number of nitrogens with two attached hydrogens (primary N) is 1. The molecule has 15 heavy (non-hydrogen) atoms. The van der Waals surface area contributed by atoms with Gasteiger partial charge in [0.15, 0.2) is 0 Å². The van der Waals surface area contributed by atoms with Crippen LogP contribution in [-0.2, 0) is 9.53 Å². The minimum atomic E-state index is -0.519. The minimum Gasteiger partial charge on any atom is -0.383 e. The van der Waals surface area contributed by atoms with Gasteiger partial charge in [-0.15, -0.1) is 0 Å². The molecule has 0 radical (unpaired) electrons. The van der Waals surface area contributed by atoms with Gasteiger partial charge in [-0.1, -0.05) is 0 Å². The van der Waals surface area contributed by atoms with E-state index in [2.05, 4.69) is 5.32 Å². The van der Waals surface area contributed by atoms with Crippen molar-refractivity contribution < 1.29 is 9.53 Å². The van der Waals surface area contributed by atoms with Crippen LogP contribution in [0.1, 0.15) is 25.7 Å². The van der Waals surface area contributed by atoms with Crippen LogP contribution < -0.4 is 11.1 Å². The number of amides is 1. The number of carbonyl (C=O) groups is 1. The maximum Gasteiger partial charge on any atom is 0.239 e. The number of nitrogens with one attached hydrogen (secondary N) is 1. The highest BCUT2D eigenvalue weighted by atomic mass is 16.5. The lowest BCUT2D eigenvalue weighted by molar-refractivity contribution is -0.124. The van der Waals surface area contributed by atoms with Crippen LogP contribution in [0.4, 0.5) is 0 Å². The molecule has 0 aromatic carbocycles. The van der Waals surface area contributed by atoms with Crippen molar-refractivity contribution in [3.05, 3.63) is 0 Å². The average Bonchev–Trinajstić information content (AvgIpc) is 3.03. The molecule has 86 valence electrons. The summed E-state index contributed by atoms with van der Waals surface area (Å²) in [6, 6.07) is -0.129. The number of carbonyl (C=O) groups excluding carboxylic acids is 1. The number of hydrogen-bond acceptors (Lipinski definition) is 3. The van der Waals surface area contributed by atoms with Crippen molar-refractivity contribution in [3.8, 4) is 0 Å². The van der Waals surface area contributed by atoms with Crippen LogP contribution in [0.25, 0.3) is 0 Å². The maximum atomic E-state index is 11.7. The van der Waals surface area contributed by atoms with Crippen LogP contribution in [-0.4, -0.2) is 31.7 Å². The fraction of sp³-hybridized carbons (Fsp3) is 0.909. The molecule has 1 atom stereocenters. The van der Waals surface area contributed by atoms with E-state index in [4.69, 9.17) is 10.5 Å². The summed E-state index contributed by atoms with van der Waals surface area (Å²) in [5.74, 6) is 1.38. The fourth-order valence-corrected chi connectivity index (χ4v) is 2.06. The molecule has 4 nitrogen and oxygen atoms in total. The van der Waals surface area contributed by atoms with Crippen molar-refractivity contribution in [3.63, 3.8) is 0 Å². The van der Waals surface area contributed by atoms with E-state index in [0.717, 1.165) is 11.8 Å². The zero-order valence-electron chi connectivity index (χ0n) is 9.24. The molecular weight excluding hydrogens is 192 g/mol. The third-order valence-corrected chi connectivity index (χ3v) is 3.25. The number of rotatable bonds is 6. The molecule has 0 aliphatic heterocycles. The van der Waals surface area contributed by atoms with E-state index in [1.807, 2.05) is 0 Å². The summed E-state index contributed by atoms with van der Waals surface area (Å²) in [7, 11) is 1.56. The highest BCUT2D eigenvalue weighted by Crippen LogP contribution is 2.44. The summed E-state index contributed by atoms with van der Waals surface area (Å²) in [5, 5.41) is 3.08. The van der Waals surface area contributed by atoms with E-state index in [1.165, 1.54) is 25.7 Å². The SMILES string of the molecule is COCC(N)C(=O)NC(C1CC1)C1CC1. The Bertz CT molecular complexity index is 225.